The minimum Gasteiger partial charge on any atom is -0.484 e. The highest BCUT2D eigenvalue weighted by atomic mass is 16.5. The predicted octanol–water partition coefficient (Wildman–Crippen LogP) is 3.47. The molecule has 0 saturated heterocycles. The molecule has 0 unspecified atom stereocenters. The maximum atomic E-state index is 11.8. The van der Waals surface area contributed by atoms with Gasteiger partial charge in [-0.15, -0.1) is 0 Å². The van der Waals surface area contributed by atoms with Crippen LogP contribution in [-0.2, 0) is 11.2 Å². The lowest BCUT2D eigenvalue weighted by molar-refractivity contribution is -0.124. The van der Waals surface area contributed by atoms with Crippen molar-refractivity contribution in [3.8, 4) is 5.75 Å². The number of carbonyl (C=O) groups excluding carboxylic acids is 1. The molecule has 1 aromatic carbocycles. The maximum absolute atomic E-state index is 11.8. The van der Waals surface area contributed by atoms with Gasteiger partial charge in [0.05, 0.1) is 0 Å². The fourth-order valence-corrected chi connectivity index (χ4v) is 2.71. The Morgan fingerprint density at radius 1 is 1.20 bits per heavy atom. The smallest absolute Gasteiger partial charge is 0.258 e. The van der Waals surface area contributed by atoms with E-state index < -0.39 is 0 Å². The Bertz CT molecular complexity index is 408. The topological polar surface area (TPSA) is 38.3 Å². The second-order valence-corrected chi connectivity index (χ2v) is 5.59. The van der Waals surface area contributed by atoms with Crippen LogP contribution in [0, 0.1) is 0 Å². The Morgan fingerprint density at radius 3 is 2.55 bits per heavy atom. The first-order valence-corrected chi connectivity index (χ1v) is 7.79. The Balaban J connectivity index is 1.72. The average molecular weight is 275 g/mol. The zero-order valence-electron chi connectivity index (χ0n) is 12.4. The number of carbonyl (C=O) groups is 1. The lowest BCUT2D eigenvalue weighted by atomic mass is 9.95. The molecule has 1 aromatic rings. The molecule has 20 heavy (non-hydrogen) atoms. The number of aryl methyl sites for hydroxylation is 1. The van der Waals surface area contributed by atoms with Gasteiger partial charge >= 0.3 is 0 Å². The molecule has 0 spiro atoms. The van der Waals surface area contributed by atoms with Crippen molar-refractivity contribution < 1.29 is 9.53 Å². The molecule has 1 fully saturated rings. The number of amides is 1. The van der Waals surface area contributed by atoms with E-state index in [-0.39, 0.29) is 12.5 Å². The van der Waals surface area contributed by atoms with Crippen molar-refractivity contribution in [3.63, 3.8) is 0 Å². The van der Waals surface area contributed by atoms with Gasteiger partial charge in [0.2, 0.25) is 0 Å². The number of hydrogen-bond acceptors (Lipinski definition) is 2. The fraction of sp³-hybridized carbons (Fsp3) is 0.588. The minimum absolute atomic E-state index is 0.00506. The SMILES string of the molecule is CCCc1ccc(OCC(=O)NC2CCCCC2)cc1. The van der Waals surface area contributed by atoms with Crippen molar-refractivity contribution in [3.05, 3.63) is 29.8 Å². The zero-order valence-corrected chi connectivity index (χ0v) is 12.4. The lowest BCUT2D eigenvalue weighted by Gasteiger charge is -2.22. The van der Waals surface area contributed by atoms with Gasteiger partial charge < -0.3 is 10.1 Å². The van der Waals surface area contributed by atoms with E-state index >= 15 is 0 Å². The number of hydrogen-bond donors (Lipinski definition) is 1. The zero-order chi connectivity index (χ0) is 14.2. The summed E-state index contributed by atoms with van der Waals surface area (Å²) in [5.74, 6) is 0.762. The van der Waals surface area contributed by atoms with Gasteiger partial charge in [0.25, 0.3) is 5.91 Å². The molecular formula is C17H25NO2. The molecular weight excluding hydrogens is 250 g/mol. The molecule has 0 radical (unpaired) electrons. The Labute approximate surface area is 121 Å². The third-order valence-corrected chi connectivity index (χ3v) is 3.80. The van der Waals surface area contributed by atoms with Crippen LogP contribution in [0.3, 0.4) is 0 Å². The fourth-order valence-electron chi connectivity index (χ4n) is 2.71. The second kappa shape index (κ2) is 7.93. The molecule has 1 amide bonds. The monoisotopic (exact) mass is 275 g/mol. The van der Waals surface area contributed by atoms with Crippen LogP contribution in [0.2, 0.25) is 0 Å². The molecule has 1 aliphatic rings. The van der Waals surface area contributed by atoms with E-state index in [0.29, 0.717) is 6.04 Å². The van der Waals surface area contributed by atoms with E-state index in [2.05, 4.69) is 24.4 Å². The molecule has 1 N–H and O–H groups in total. The quantitative estimate of drug-likeness (QED) is 0.863. The van der Waals surface area contributed by atoms with Gasteiger partial charge in [-0.2, -0.15) is 0 Å². The second-order valence-electron chi connectivity index (χ2n) is 5.59. The van der Waals surface area contributed by atoms with Crippen LogP contribution in [0.4, 0.5) is 0 Å². The van der Waals surface area contributed by atoms with E-state index in [0.717, 1.165) is 31.4 Å². The molecule has 0 bridgehead atoms. The molecule has 1 aliphatic carbocycles. The summed E-state index contributed by atoms with van der Waals surface area (Å²) in [6, 6.07) is 8.37. The summed E-state index contributed by atoms with van der Waals surface area (Å²) >= 11 is 0. The molecule has 2 rings (SSSR count). The van der Waals surface area contributed by atoms with Crippen LogP contribution in [-0.4, -0.2) is 18.6 Å². The summed E-state index contributed by atoms with van der Waals surface area (Å²) in [5, 5.41) is 3.06. The highest BCUT2D eigenvalue weighted by Crippen LogP contribution is 2.17. The number of rotatable bonds is 6. The normalized spacial score (nSPS) is 15.8. The average Bonchev–Trinajstić information content (AvgIpc) is 2.48. The first-order valence-electron chi connectivity index (χ1n) is 7.79. The van der Waals surface area contributed by atoms with E-state index in [9.17, 15) is 4.79 Å². The van der Waals surface area contributed by atoms with Crippen LogP contribution in [0.15, 0.2) is 24.3 Å². The Hall–Kier alpha value is -1.51. The summed E-state index contributed by atoms with van der Waals surface area (Å²) < 4.78 is 5.53. The molecule has 0 heterocycles. The van der Waals surface area contributed by atoms with Gasteiger partial charge in [0.1, 0.15) is 5.75 Å². The molecule has 0 aliphatic heterocycles. The van der Waals surface area contributed by atoms with Crippen LogP contribution in [0.25, 0.3) is 0 Å². The van der Waals surface area contributed by atoms with Crippen LogP contribution < -0.4 is 10.1 Å². The van der Waals surface area contributed by atoms with Crippen LogP contribution in [0.1, 0.15) is 51.0 Å². The molecule has 3 nitrogen and oxygen atoms in total. The van der Waals surface area contributed by atoms with E-state index in [4.69, 9.17) is 4.74 Å². The standard InChI is InChI=1S/C17H25NO2/c1-2-6-14-9-11-16(12-10-14)20-13-17(19)18-15-7-4-3-5-8-15/h9-12,15H,2-8,13H2,1H3,(H,18,19). The van der Waals surface area contributed by atoms with Gasteiger partial charge in [-0.1, -0.05) is 44.7 Å². The van der Waals surface area contributed by atoms with Crippen molar-refractivity contribution in [1.82, 2.24) is 5.32 Å². The van der Waals surface area contributed by atoms with E-state index in [1.54, 1.807) is 0 Å². The largest absolute Gasteiger partial charge is 0.484 e. The molecule has 3 heteroatoms. The highest BCUT2D eigenvalue weighted by Gasteiger charge is 2.15. The van der Waals surface area contributed by atoms with Crippen LogP contribution in [0.5, 0.6) is 5.75 Å². The molecule has 0 atom stereocenters. The van der Waals surface area contributed by atoms with Gasteiger partial charge in [0.15, 0.2) is 6.61 Å². The van der Waals surface area contributed by atoms with E-state index in [1.807, 2.05) is 12.1 Å². The molecule has 0 aromatic heterocycles. The molecule has 1 saturated carbocycles. The Kier molecular flexibility index (Phi) is 5.90. The summed E-state index contributed by atoms with van der Waals surface area (Å²) in [6.45, 7) is 2.28. The van der Waals surface area contributed by atoms with Crippen molar-refractivity contribution in [1.29, 1.82) is 0 Å². The van der Waals surface area contributed by atoms with Gasteiger partial charge in [-0.25, -0.2) is 0 Å². The van der Waals surface area contributed by atoms with Crippen molar-refractivity contribution >= 4 is 5.91 Å². The first-order chi connectivity index (χ1) is 9.78. The molecule has 110 valence electrons. The predicted molar refractivity (Wildman–Crippen MR) is 80.9 cm³/mol. The third-order valence-electron chi connectivity index (χ3n) is 3.80. The van der Waals surface area contributed by atoms with Crippen molar-refractivity contribution in [2.45, 2.75) is 57.9 Å². The number of nitrogens with one attached hydrogen (secondary N) is 1. The maximum Gasteiger partial charge on any atom is 0.258 e. The first kappa shape index (κ1) is 14.9. The summed E-state index contributed by atoms with van der Waals surface area (Å²) in [6.07, 6.45) is 8.20. The number of ether oxygens (including phenoxy) is 1. The van der Waals surface area contributed by atoms with Crippen LogP contribution >= 0.6 is 0 Å². The Morgan fingerprint density at radius 2 is 1.90 bits per heavy atom. The summed E-state index contributed by atoms with van der Waals surface area (Å²) in [4.78, 5) is 11.8. The van der Waals surface area contributed by atoms with E-state index in [1.165, 1.54) is 24.8 Å². The van der Waals surface area contributed by atoms with Gasteiger partial charge in [-0.3, -0.25) is 4.79 Å². The third kappa shape index (κ3) is 4.87. The van der Waals surface area contributed by atoms with Crippen molar-refractivity contribution in [2.24, 2.45) is 0 Å². The summed E-state index contributed by atoms with van der Waals surface area (Å²) in [7, 11) is 0. The minimum atomic E-state index is -0.00506. The highest BCUT2D eigenvalue weighted by molar-refractivity contribution is 5.77. The van der Waals surface area contributed by atoms with Gasteiger partial charge in [-0.05, 0) is 37.0 Å². The summed E-state index contributed by atoms with van der Waals surface area (Å²) in [5.41, 5.74) is 1.31. The lowest BCUT2D eigenvalue weighted by Crippen LogP contribution is -2.38. The van der Waals surface area contributed by atoms with Gasteiger partial charge in [0, 0.05) is 6.04 Å². The van der Waals surface area contributed by atoms with Crippen molar-refractivity contribution in [2.75, 3.05) is 6.61 Å². The number of benzene rings is 1.